The molecule has 0 radical (unpaired) electrons. The van der Waals surface area contributed by atoms with E-state index in [1.54, 1.807) is 27.7 Å². The van der Waals surface area contributed by atoms with E-state index in [4.69, 9.17) is 18.9 Å². The number of esters is 3. The Kier molecular flexibility index (Phi) is 5.28. The van der Waals surface area contributed by atoms with Gasteiger partial charge in [-0.25, -0.2) is 14.4 Å². The molecule has 3 aliphatic heterocycles. The summed E-state index contributed by atoms with van der Waals surface area (Å²) in [6.45, 7) is 6.68. The van der Waals surface area contributed by atoms with E-state index in [9.17, 15) is 34.5 Å². The number of ether oxygens (including phenoxy) is 4. The number of aliphatic hydroxyl groups excluding tert-OH is 3. The summed E-state index contributed by atoms with van der Waals surface area (Å²) < 4.78 is 22.4. The number of allylic oxidation sites excluding steroid dienone is 3. The second-order valence-corrected chi connectivity index (χ2v) is 11.1. The van der Waals surface area contributed by atoms with E-state index in [1.165, 1.54) is 6.08 Å². The standard InChI is InChI=1S/C25H30O11/c1-9(2)6-14(27)35-17-19-24-13(34-21(17)31)7-11-10(3)15(28)12(26)8-23(11,4)18(24)16(29)20(30)25(19,36-24)22(32)33-5/h6,11,13,16-20,28-30H,7-8H2,1-5H3/t11-,13+,16+,17+,18+,19+,20-,23-,24-,25-/m0/s1. The van der Waals surface area contributed by atoms with Crippen LogP contribution in [0.1, 0.15) is 40.5 Å². The summed E-state index contributed by atoms with van der Waals surface area (Å²) in [7, 11) is 1.08. The Balaban J connectivity index is 1.70. The van der Waals surface area contributed by atoms with Crippen LogP contribution in [0.4, 0.5) is 0 Å². The Hall–Kier alpha value is -2.76. The van der Waals surface area contributed by atoms with Crippen LogP contribution in [-0.2, 0) is 38.1 Å². The largest absolute Gasteiger partial charge is 0.504 e. The Morgan fingerprint density at radius 2 is 1.83 bits per heavy atom. The molecule has 3 aliphatic carbocycles. The van der Waals surface area contributed by atoms with Crippen molar-refractivity contribution in [1.82, 2.24) is 0 Å². The highest BCUT2D eigenvalue weighted by molar-refractivity contribution is 5.96. The van der Waals surface area contributed by atoms with Gasteiger partial charge in [0.1, 0.15) is 17.8 Å². The summed E-state index contributed by atoms with van der Waals surface area (Å²) in [6.07, 6.45) is -4.93. The number of hydrogen-bond donors (Lipinski definition) is 3. The fourth-order valence-electron chi connectivity index (χ4n) is 7.78. The van der Waals surface area contributed by atoms with Gasteiger partial charge in [-0.2, -0.15) is 0 Å². The Morgan fingerprint density at radius 1 is 1.17 bits per heavy atom. The monoisotopic (exact) mass is 506 g/mol. The van der Waals surface area contributed by atoms with E-state index in [1.807, 2.05) is 0 Å². The minimum Gasteiger partial charge on any atom is -0.504 e. The molecule has 6 rings (SSSR count). The van der Waals surface area contributed by atoms with Crippen molar-refractivity contribution in [3.8, 4) is 0 Å². The maximum atomic E-state index is 13.2. The molecular formula is C25H30O11. The summed E-state index contributed by atoms with van der Waals surface area (Å²) in [4.78, 5) is 51.6. The highest BCUT2D eigenvalue weighted by atomic mass is 16.7. The number of carbonyl (C=O) groups excluding carboxylic acids is 4. The maximum Gasteiger partial charge on any atom is 0.348 e. The SMILES string of the molecule is COC(=O)[C@@]12O[C@]34[C@H]([C@@H](O)[C@@H]1O)[C@@]1(C)CC(=O)C(O)=C(C)[C@@H]1C[C@H]3OC(=O)[C@H](OC(=O)C=C(C)C)[C@@H]24. The van der Waals surface area contributed by atoms with Crippen molar-refractivity contribution in [1.29, 1.82) is 0 Å². The molecule has 11 nitrogen and oxygen atoms in total. The number of Topliss-reactive ketones (excluding diaryl/α,β-unsaturated/α-hetero) is 1. The van der Waals surface area contributed by atoms with Gasteiger partial charge in [0, 0.05) is 18.4 Å². The number of carbonyl (C=O) groups is 4. The van der Waals surface area contributed by atoms with Crippen molar-refractivity contribution in [2.45, 2.75) is 76.2 Å². The number of fused-ring (bicyclic) bond motifs is 2. The van der Waals surface area contributed by atoms with Crippen molar-refractivity contribution in [3.63, 3.8) is 0 Å². The molecule has 196 valence electrons. The summed E-state index contributed by atoms with van der Waals surface area (Å²) in [5.41, 5.74) is -3.78. The van der Waals surface area contributed by atoms with E-state index in [0.29, 0.717) is 11.1 Å². The second-order valence-electron chi connectivity index (χ2n) is 11.1. The lowest BCUT2D eigenvalue weighted by atomic mass is 9.38. The van der Waals surface area contributed by atoms with Crippen LogP contribution in [0.5, 0.6) is 0 Å². The quantitative estimate of drug-likeness (QED) is 0.273. The van der Waals surface area contributed by atoms with Crippen LogP contribution >= 0.6 is 0 Å². The predicted octanol–water partition coefficient (Wildman–Crippen LogP) is 0.269. The zero-order valence-corrected chi connectivity index (χ0v) is 20.6. The third-order valence-corrected chi connectivity index (χ3v) is 8.99. The number of aliphatic hydroxyl groups is 3. The normalized spacial score (nSPS) is 46.5. The van der Waals surface area contributed by atoms with Crippen LogP contribution < -0.4 is 0 Å². The molecule has 3 saturated heterocycles. The fraction of sp³-hybridized carbons (Fsp3) is 0.680. The fourth-order valence-corrected chi connectivity index (χ4v) is 7.78. The Morgan fingerprint density at radius 3 is 2.44 bits per heavy atom. The van der Waals surface area contributed by atoms with Crippen molar-refractivity contribution in [2.24, 2.45) is 23.2 Å². The minimum atomic E-state index is -2.19. The van der Waals surface area contributed by atoms with Crippen molar-refractivity contribution in [2.75, 3.05) is 7.11 Å². The molecule has 11 heteroatoms. The lowest BCUT2D eigenvalue weighted by molar-refractivity contribution is -0.470. The molecule has 3 N–H and O–H groups in total. The third kappa shape index (κ3) is 2.73. The minimum absolute atomic E-state index is 0.132. The second kappa shape index (κ2) is 7.62. The first-order valence-corrected chi connectivity index (χ1v) is 11.9. The van der Waals surface area contributed by atoms with Gasteiger partial charge in [-0.3, -0.25) is 4.79 Å². The van der Waals surface area contributed by atoms with E-state index >= 15 is 0 Å². The van der Waals surface area contributed by atoms with Crippen molar-refractivity contribution in [3.05, 3.63) is 23.0 Å². The van der Waals surface area contributed by atoms with Crippen LogP contribution in [0.15, 0.2) is 23.0 Å². The van der Waals surface area contributed by atoms with Gasteiger partial charge >= 0.3 is 17.9 Å². The van der Waals surface area contributed by atoms with E-state index < -0.39 is 82.5 Å². The molecule has 1 spiro atoms. The molecule has 0 amide bonds. The van der Waals surface area contributed by atoms with Gasteiger partial charge in [0.25, 0.3) is 0 Å². The first-order valence-electron chi connectivity index (χ1n) is 11.9. The molecule has 0 unspecified atom stereocenters. The summed E-state index contributed by atoms with van der Waals surface area (Å²) >= 11 is 0. The number of rotatable bonds is 3. The highest BCUT2D eigenvalue weighted by Gasteiger charge is 2.90. The molecule has 2 saturated carbocycles. The molecular weight excluding hydrogens is 476 g/mol. The molecule has 5 fully saturated rings. The molecule has 36 heavy (non-hydrogen) atoms. The lowest BCUT2D eigenvalue weighted by Gasteiger charge is -2.77. The Bertz CT molecular complexity index is 1130. The summed E-state index contributed by atoms with van der Waals surface area (Å²) in [5.74, 6) is -6.44. The van der Waals surface area contributed by atoms with E-state index in [2.05, 4.69) is 0 Å². The number of methoxy groups -OCH3 is 1. The zero-order chi connectivity index (χ0) is 26.5. The van der Waals surface area contributed by atoms with Crippen molar-refractivity contribution < 1.29 is 53.4 Å². The highest BCUT2D eigenvalue weighted by Crippen LogP contribution is 2.73. The van der Waals surface area contributed by atoms with Gasteiger partial charge in [-0.1, -0.05) is 12.5 Å². The molecule has 0 aromatic rings. The summed E-state index contributed by atoms with van der Waals surface area (Å²) in [5, 5.41) is 33.2. The van der Waals surface area contributed by atoms with Crippen LogP contribution in [0.3, 0.4) is 0 Å². The van der Waals surface area contributed by atoms with Gasteiger partial charge in [0.15, 0.2) is 11.5 Å². The molecule has 3 heterocycles. The molecule has 0 aromatic heterocycles. The van der Waals surface area contributed by atoms with Gasteiger partial charge in [-0.05, 0) is 44.1 Å². The average Bonchev–Trinajstić information content (AvgIpc) is 2.78. The third-order valence-electron chi connectivity index (χ3n) is 8.99. The Labute approximate surface area is 207 Å². The molecule has 2 bridgehead atoms. The summed E-state index contributed by atoms with van der Waals surface area (Å²) in [6, 6.07) is 0. The van der Waals surface area contributed by atoms with Crippen molar-refractivity contribution >= 4 is 23.7 Å². The van der Waals surface area contributed by atoms with Crippen LogP contribution in [-0.4, -0.2) is 81.7 Å². The van der Waals surface area contributed by atoms with Crippen LogP contribution in [0.2, 0.25) is 0 Å². The van der Waals surface area contributed by atoms with Crippen LogP contribution in [0, 0.1) is 23.2 Å². The smallest absolute Gasteiger partial charge is 0.348 e. The van der Waals surface area contributed by atoms with Gasteiger partial charge in [0.05, 0.1) is 19.1 Å². The number of hydrogen-bond acceptors (Lipinski definition) is 11. The van der Waals surface area contributed by atoms with Gasteiger partial charge in [-0.15, -0.1) is 0 Å². The molecule has 0 aromatic carbocycles. The first-order chi connectivity index (χ1) is 16.8. The molecule has 10 atom stereocenters. The average molecular weight is 507 g/mol. The zero-order valence-electron chi connectivity index (χ0n) is 20.6. The van der Waals surface area contributed by atoms with E-state index in [-0.39, 0.29) is 18.6 Å². The van der Waals surface area contributed by atoms with E-state index in [0.717, 1.165) is 7.11 Å². The van der Waals surface area contributed by atoms with Crippen LogP contribution in [0.25, 0.3) is 0 Å². The van der Waals surface area contributed by atoms with Gasteiger partial charge < -0.3 is 34.3 Å². The number of ketones is 1. The molecule has 6 aliphatic rings. The first kappa shape index (κ1) is 24.9. The maximum absolute atomic E-state index is 13.2. The van der Waals surface area contributed by atoms with Gasteiger partial charge in [0.2, 0.25) is 11.7 Å². The lowest BCUT2D eigenvalue weighted by Crippen LogP contribution is -2.95. The topological polar surface area (TPSA) is 166 Å². The predicted molar refractivity (Wildman–Crippen MR) is 118 cm³/mol.